The molecule has 0 saturated carbocycles. The number of hydrogen-bond donors (Lipinski definition) is 1. The number of nitrogens with one attached hydrogen (secondary N) is 1. The number of non-ortho nitro benzene ring substituents is 1. The summed E-state index contributed by atoms with van der Waals surface area (Å²) in [5.74, 6) is 1.66. The van der Waals surface area contributed by atoms with E-state index in [2.05, 4.69) is 28.3 Å². The summed E-state index contributed by atoms with van der Waals surface area (Å²) >= 11 is 1.66. The normalized spacial score (nSPS) is 10.9. The topological polar surface area (TPSA) is 81.0 Å². The summed E-state index contributed by atoms with van der Waals surface area (Å²) < 4.78 is 0. The molecule has 0 saturated heterocycles. The van der Waals surface area contributed by atoms with Gasteiger partial charge in [0.25, 0.3) is 5.69 Å². The summed E-state index contributed by atoms with van der Waals surface area (Å²) in [5.41, 5.74) is 1.05. The number of hydrogen-bond acceptors (Lipinski definition) is 6. The van der Waals surface area contributed by atoms with Crippen molar-refractivity contribution in [2.24, 2.45) is 0 Å². The summed E-state index contributed by atoms with van der Waals surface area (Å²) in [6.45, 7) is 4.75. The highest BCUT2D eigenvalue weighted by Crippen LogP contribution is 2.28. The van der Waals surface area contributed by atoms with Gasteiger partial charge in [0.15, 0.2) is 0 Å². The largest absolute Gasteiger partial charge is 0.369 e. The average molecular weight is 342 g/mol. The minimum Gasteiger partial charge on any atom is -0.369 e. The lowest BCUT2D eigenvalue weighted by atomic mass is 10.1. The molecule has 0 amide bonds. The minimum atomic E-state index is -0.369. The van der Waals surface area contributed by atoms with Crippen molar-refractivity contribution in [1.29, 1.82) is 0 Å². The van der Waals surface area contributed by atoms with E-state index in [1.54, 1.807) is 23.5 Å². The molecule has 0 unspecified atom stereocenters. The third-order valence-corrected chi connectivity index (χ3v) is 4.65. The van der Waals surface area contributed by atoms with Crippen LogP contribution in [0.5, 0.6) is 0 Å². The van der Waals surface area contributed by atoms with E-state index >= 15 is 0 Å². The first-order valence-corrected chi connectivity index (χ1v) is 8.62. The molecule has 0 radical (unpaired) electrons. The lowest BCUT2D eigenvalue weighted by molar-refractivity contribution is -0.384. The zero-order valence-corrected chi connectivity index (χ0v) is 14.4. The van der Waals surface area contributed by atoms with Gasteiger partial charge in [0.2, 0.25) is 0 Å². The highest BCUT2D eigenvalue weighted by molar-refractivity contribution is 7.18. The predicted octanol–water partition coefficient (Wildman–Crippen LogP) is 4.12. The first-order valence-electron chi connectivity index (χ1n) is 7.81. The molecule has 0 aliphatic rings. The Bertz CT molecular complexity index is 891. The van der Waals surface area contributed by atoms with E-state index < -0.39 is 0 Å². The van der Waals surface area contributed by atoms with Crippen molar-refractivity contribution >= 4 is 33.1 Å². The molecule has 124 valence electrons. The molecule has 2 aromatic heterocycles. The number of nitro benzene ring substituents is 1. The second-order valence-corrected chi connectivity index (χ2v) is 6.76. The van der Waals surface area contributed by atoms with E-state index in [1.165, 1.54) is 10.9 Å². The molecule has 1 aromatic carbocycles. The van der Waals surface area contributed by atoms with Crippen LogP contribution in [-0.4, -0.2) is 21.4 Å². The summed E-state index contributed by atoms with van der Waals surface area (Å²) in [6, 6.07) is 8.83. The Labute approximate surface area is 143 Å². The van der Waals surface area contributed by atoms with Gasteiger partial charge in [-0.2, -0.15) is 0 Å². The van der Waals surface area contributed by atoms with Crippen molar-refractivity contribution in [2.75, 3.05) is 11.9 Å². The van der Waals surface area contributed by atoms with Gasteiger partial charge in [-0.3, -0.25) is 10.1 Å². The van der Waals surface area contributed by atoms with Crippen LogP contribution in [0.15, 0.2) is 30.3 Å². The SMILES string of the molecule is CCc1nc(NCCc2cccc([N+](=O)[O-])c2)c2cc(C)sc2n1. The average Bonchev–Trinajstić information content (AvgIpc) is 2.95. The van der Waals surface area contributed by atoms with Crippen LogP contribution >= 0.6 is 11.3 Å². The Kier molecular flexibility index (Phi) is 4.71. The Morgan fingerprint density at radius 2 is 2.12 bits per heavy atom. The van der Waals surface area contributed by atoms with Gasteiger partial charge in [-0.05, 0) is 25.0 Å². The van der Waals surface area contributed by atoms with E-state index in [4.69, 9.17) is 0 Å². The van der Waals surface area contributed by atoms with Crippen molar-refractivity contribution in [1.82, 2.24) is 9.97 Å². The first kappa shape index (κ1) is 16.3. The maximum Gasteiger partial charge on any atom is 0.269 e. The molecule has 0 aliphatic carbocycles. The molecule has 2 heterocycles. The second-order valence-electron chi connectivity index (χ2n) is 5.52. The van der Waals surface area contributed by atoms with Crippen LogP contribution in [-0.2, 0) is 12.8 Å². The van der Waals surface area contributed by atoms with Crippen LogP contribution in [0.2, 0.25) is 0 Å². The third-order valence-electron chi connectivity index (χ3n) is 3.71. The highest BCUT2D eigenvalue weighted by Gasteiger charge is 2.10. The molecule has 0 bridgehead atoms. The Hall–Kier alpha value is -2.54. The van der Waals surface area contributed by atoms with Crippen LogP contribution in [0.3, 0.4) is 0 Å². The molecule has 0 spiro atoms. The number of nitro groups is 1. The maximum absolute atomic E-state index is 10.8. The van der Waals surface area contributed by atoms with Gasteiger partial charge >= 0.3 is 0 Å². The van der Waals surface area contributed by atoms with Crippen LogP contribution in [0.25, 0.3) is 10.2 Å². The van der Waals surface area contributed by atoms with Crippen molar-refractivity contribution in [2.45, 2.75) is 26.7 Å². The fourth-order valence-electron chi connectivity index (χ4n) is 2.53. The third kappa shape index (κ3) is 3.51. The lowest BCUT2D eigenvalue weighted by Crippen LogP contribution is -2.08. The summed E-state index contributed by atoms with van der Waals surface area (Å²) in [5, 5.41) is 15.2. The van der Waals surface area contributed by atoms with E-state index in [-0.39, 0.29) is 10.6 Å². The van der Waals surface area contributed by atoms with E-state index in [1.807, 2.05) is 13.0 Å². The van der Waals surface area contributed by atoms with Gasteiger partial charge < -0.3 is 5.32 Å². The van der Waals surface area contributed by atoms with Gasteiger partial charge in [0.1, 0.15) is 16.5 Å². The van der Waals surface area contributed by atoms with Crippen LogP contribution < -0.4 is 5.32 Å². The predicted molar refractivity (Wildman–Crippen MR) is 96.8 cm³/mol. The number of thiophene rings is 1. The molecule has 0 fully saturated rings. The van der Waals surface area contributed by atoms with Crippen molar-refractivity contribution in [3.05, 3.63) is 56.7 Å². The number of benzene rings is 1. The molecule has 24 heavy (non-hydrogen) atoms. The molecular formula is C17H18N4O2S. The standard InChI is InChI=1S/C17H18N4O2S/c1-3-15-19-16(14-9-11(2)24-17(14)20-15)18-8-7-12-5-4-6-13(10-12)21(22)23/h4-6,9-10H,3,7-8H2,1-2H3,(H,18,19,20). The number of fused-ring (bicyclic) bond motifs is 1. The highest BCUT2D eigenvalue weighted by atomic mass is 32.1. The smallest absolute Gasteiger partial charge is 0.269 e. The summed E-state index contributed by atoms with van der Waals surface area (Å²) in [6.07, 6.45) is 1.48. The molecule has 3 aromatic rings. The molecule has 0 aliphatic heterocycles. The van der Waals surface area contributed by atoms with Gasteiger partial charge in [0, 0.05) is 30.0 Å². The van der Waals surface area contributed by atoms with Crippen molar-refractivity contribution < 1.29 is 4.92 Å². The fourth-order valence-corrected chi connectivity index (χ4v) is 3.43. The summed E-state index contributed by atoms with van der Waals surface area (Å²) in [7, 11) is 0. The number of nitrogens with zero attached hydrogens (tertiary/aromatic N) is 3. The Balaban J connectivity index is 1.76. The van der Waals surface area contributed by atoms with Crippen LogP contribution in [0, 0.1) is 17.0 Å². The molecule has 3 rings (SSSR count). The maximum atomic E-state index is 10.8. The summed E-state index contributed by atoms with van der Waals surface area (Å²) in [4.78, 5) is 21.8. The van der Waals surface area contributed by atoms with E-state index in [0.717, 1.165) is 33.8 Å². The lowest BCUT2D eigenvalue weighted by Gasteiger charge is -2.08. The molecule has 6 nitrogen and oxygen atoms in total. The van der Waals surface area contributed by atoms with Crippen molar-refractivity contribution in [3.8, 4) is 0 Å². The van der Waals surface area contributed by atoms with Gasteiger partial charge in [0.05, 0.1) is 10.3 Å². The van der Waals surface area contributed by atoms with Crippen LogP contribution in [0.1, 0.15) is 23.2 Å². The number of rotatable bonds is 6. The molecule has 1 N–H and O–H groups in total. The van der Waals surface area contributed by atoms with Gasteiger partial charge in [-0.15, -0.1) is 11.3 Å². The quantitative estimate of drug-likeness (QED) is 0.538. The molecular weight excluding hydrogens is 324 g/mol. The van der Waals surface area contributed by atoms with E-state index in [9.17, 15) is 10.1 Å². The molecule has 7 heteroatoms. The zero-order valence-electron chi connectivity index (χ0n) is 13.6. The molecule has 0 atom stereocenters. The van der Waals surface area contributed by atoms with Crippen molar-refractivity contribution in [3.63, 3.8) is 0 Å². The Morgan fingerprint density at radius 3 is 2.88 bits per heavy atom. The second kappa shape index (κ2) is 6.92. The van der Waals surface area contributed by atoms with Crippen LogP contribution in [0.4, 0.5) is 11.5 Å². The number of aromatic nitrogens is 2. The van der Waals surface area contributed by atoms with Gasteiger partial charge in [-0.1, -0.05) is 19.1 Å². The number of aryl methyl sites for hydroxylation is 2. The monoisotopic (exact) mass is 342 g/mol. The van der Waals surface area contributed by atoms with E-state index in [0.29, 0.717) is 13.0 Å². The Morgan fingerprint density at radius 1 is 1.29 bits per heavy atom. The first-order chi connectivity index (χ1) is 11.6. The van der Waals surface area contributed by atoms with Gasteiger partial charge in [-0.25, -0.2) is 9.97 Å². The number of anilines is 1. The minimum absolute atomic E-state index is 0.124. The zero-order chi connectivity index (χ0) is 17.1. The fraction of sp³-hybridized carbons (Fsp3) is 0.294.